The summed E-state index contributed by atoms with van der Waals surface area (Å²) >= 11 is 0. The Morgan fingerprint density at radius 2 is 2.17 bits per heavy atom. The molecule has 66 valence electrons. The van der Waals surface area contributed by atoms with E-state index in [9.17, 15) is 9.59 Å². The first kappa shape index (κ1) is 8.97. The molecule has 0 bridgehead atoms. The summed E-state index contributed by atoms with van der Waals surface area (Å²) in [6.45, 7) is 5.16. The summed E-state index contributed by atoms with van der Waals surface area (Å²) in [7, 11) is 0. The predicted molar refractivity (Wildman–Crippen MR) is 43.7 cm³/mol. The van der Waals surface area contributed by atoms with E-state index >= 15 is 0 Å². The van der Waals surface area contributed by atoms with Gasteiger partial charge in [0.15, 0.2) is 0 Å². The Labute approximate surface area is 71.1 Å². The van der Waals surface area contributed by atoms with Gasteiger partial charge in [-0.1, -0.05) is 12.2 Å². The van der Waals surface area contributed by atoms with E-state index in [1.807, 2.05) is 0 Å². The minimum Gasteiger partial charge on any atom is -0.481 e. The second-order valence-corrected chi connectivity index (χ2v) is 3.30. The molecule has 2 atom stereocenters. The maximum absolute atomic E-state index is 10.9. The third-order valence-electron chi connectivity index (χ3n) is 2.39. The molecule has 1 rings (SSSR count). The lowest BCUT2D eigenvalue weighted by atomic mass is 10.0. The average molecular weight is 168 g/mol. The molecule has 0 aromatic carbocycles. The van der Waals surface area contributed by atoms with Crippen molar-refractivity contribution < 1.29 is 14.7 Å². The first-order chi connectivity index (χ1) is 5.52. The molecule has 3 nitrogen and oxygen atoms in total. The number of rotatable bonds is 2. The van der Waals surface area contributed by atoms with E-state index in [-0.39, 0.29) is 11.7 Å². The predicted octanol–water partition coefficient (Wildman–Crippen LogP) is 1.24. The summed E-state index contributed by atoms with van der Waals surface area (Å²) in [5.41, 5.74) is 0.683. The molecule has 12 heavy (non-hydrogen) atoms. The topological polar surface area (TPSA) is 54.4 Å². The van der Waals surface area contributed by atoms with Gasteiger partial charge >= 0.3 is 5.97 Å². The molecule has 0 unspecified atom stereocenters. The highest BCUT2D eigenvalue weighted by atomic mass is 16.4. The van der Waals surface area contributed by atoms with Gasteiger partial charge in [0.1, 0.15) is 5.78 Å². The molecule has 0 aromatic heterocycles. The van der Waals surface area contributed by atoms with E-state index in [1.165, 1.54) is 6.92 Å². The number of carboxylic acids is 1. The fourth-order valence-electron chi connectivity index (χ4n) is 1.58. The van der Waals surface area contributed by atoms with Gasteiger partial charge in [-0.15, -0.1) is 0 Å². The highest BCUT2D eigenvalue weighted by Crippen LogP contribution is 2.35. The molecule has 0 aromatic rings. The van der Waals surface area contributed by atoms with E-state index in [4.69, 9.17) is 5.11 Å². The lowest BCUT2D eigenvalue weighted by Gasteiger charge is -2.03. The SMILES string of the molecule is C=C1C[C@H](C(C)=O)C[C@H]1C(=O)O. The monoisotopic (exact) mass is 168 g/mol. The molecule has 3 heteroatoms. The van der Waals surface area contributed by atoms with Crippen LogP contribution in [0.5, 0.6) is 0 Å². The molecule has 1 saturated carbocycles. The number of carbonyl (C=O) groups is 2. The van der Waals surface area contributed by atoms with Crippen LogP contribution in [0.3, 0.4) is 0 Å². The van der Waals surface area contributed by atoms with E-state index in [2.05, 4.69) is 6.58 Å². The maximum atomic E-state index is 10.9. The lowest BCUT2D eigenvalue weighted by Crippen LogP contribution is -2.12. The summed E-state index contributed by atoms with van der Waals surface area (Å²) < 4.78 is 0. The van der Waals surface area contributed by atoms with Crippen LogP contribution in [0.2, 0.25) is 0 Å². The number of ketones is 1. The Morgan fingerprint density at radius 3 is 2.42 bits per heavy atom. The van der Waals surface area contributed by atoms with Crippen LogP contribution < -0.4 is 0 Å². The molecule has 1 N–H and O–H groups in total. The molecule has 0 saturated heterocycles. The number of carbonyl (C=O) groups excluding carboxylic acids is 1. The van der Waals surface area contributed by atoms with Crippen LogP contribution in [-0.4, -0.2) is 16.9 Å². The number of hydrogen-bond donors (Lipinski definition) is 1. The van der Waals surface area contributed by atoms with Crippen molar-refractivity contribution in [1.82, 2.24) is 0 Å². The largest absolute Gasteiger partial charge is 0.481 e. The van der Waals surface area contributed by atoms with E-state index in [1.54, 1.807) is 0 Å². The normalized spacial score (nSPS) is 28.9. The van der Waals surface area contributed by atoms with Gasteiger partial charge in [0, 0.05) is 5.92 Å². The smallest absolute Gasteiger partial charge is 0.310 e. The zero-order valence-corrected chi connectivity index (χ0v) is 7.04. The van der Waals surface area contributed by atoms with Crippen LogP contribution >= 0.6 is 0 Å². The Hall–Kier alpha value is -1.12. The molecule has 0 spiro atoms. The van der Waals surface area contributed by atoms with Crippen molar-refractivity contribution in [3.63, 3.8) is 0 Å². The maximum Gasteiger partial charge on any atom is 0.310 e. The van der Waals surface area contributed by atoms with Crippen molar-refractivity contribution in [2.45, 2.75) is 19.8 Å². The fourth-order valence-corrected chi connectivity index (χ4v) is 1.58. The van der Waals surface area contributed by atoms with Gasteiger partial charge in [0.05, 0.1) is 5.92 Å². The summed E-state index contributed by atoms with van der Waals surface area (Å²) in [4.78, 5) is 21.5. The second-order valence-electron chi connectivity index (χ2n) is 3.30. The second kappa shape index (κ2) is 3.09. The molecule has 1 fully saturated rings. The van der Waals surface area contributed by atoms with Gasteiger partial charge in [0.2, 0.25) is 0 Å². The molecule has 0 radical (unpaired) electrons. The summed E-state index contributed by atoms with van der Waals surface area (Å²) in [6.07, 6.45) is 0.982. The Balaban J connectivity index is 2.68. The standard InChI is InChI=1S/C9H12O3/c1-5-3-7(6(2)10)4-8(5)9(11)12/h7-8H,1,3-4H2,2H3,(H,11,12)/t7-,8+/m0/s1. The molecular weight excluding hydrogens is 156 g/mol. The summed E-state index contributed by atoms with van der Waals surface area (Å²) in [6, 6.07) is 0. The molecule has 0 heterocycles. The van der Waals surface area contributed by atoms with Gasteiger partial charge in [-0.05, 0) is 19.8 Å². The average Bonchev–Trinajstić information content (AvgIpc) is 2.30. The number of aliphatic carboxylic acids is 1. The van der Waals surface area contributed by atoms with E-state index in [0.29, 0.717) is 18.4 Å². The number of hydrogen-bond acceptors (Lipinski definition) is 2. The Morgan fingerprint density at radius 1 is 1.58 bits per heavy atom. The van der Waals surface area contributed by atoms with Crippen molar-refractivity contribution in [3.8, 4) is 0 Å². The van der Waals surface area contributed by atoms with E-state index in [0.717, 1.165) is 0 Å². The first-order valence-electron chi connectivity index (χ1n) is 3.93. The van der Waals surface area contributed by atoms with E-state index < -0.39 is 11.9 Å². The van der Waals surface area contributed by atoms with Gasteiger partial charge in [-0.2, -0.15) is 0 Å². The quantitative estimate of drug-likeness (QED) is 0.631. The molecule has 0 amide bonds. The summed E-state index contributed by atoms with van der Waals surface area (Å²) in [5.74, 6) is -1.40. The van der Waals surface area contributed by atoms with Crippen LogP contribution in [0.15, 0.2) is 12.2 Å². The highest BCUT2D eigenvalue weighted by Gasteiger charge is 2.34. The zero-order valence-electron chi connectivity index (χ0n) is 7.04. The van der Waals surface area contributed by atoms with Gasteiger partial charge in [-0.25, -0.2) is 0 Å². The molecular formula is C9H12O3. The molecule has 0 aliphatic heterocycles. The Bertz CT molecular complexity index is 242. The van der Waals surface area contributed by atoms with Crippen molar-refractivity contribution in [2.24, 2.45) is 11.8 Å². The van der Waals surface area contributed by atoms with Gasteiger partial charge < -0.3 is 5.11 Å². The van der Waals surface area contributed by atoms with Gasteiger partial charge in [0.25, 0.3) is 0 Å². The summed E-state index contributed by atoms with van der Waals surface area (Å²) in [5, 5.41) is 8.71. The van der Waals surface area contributed by atoms with Crippen molar-refractivity contribution in [3.05, 3.63) is 12.2 Å². The molecule has 1 aliphatic carbocycles. The van der Waals surface area contributed by atoms with Crippen LogP contribution in [0.4, 0.5) is 0 Å². The van der Waals surface area contributed by atoms with Crippen LogP contribution in [0, 0.1) is 11.8 Å². The van der Waals surface area contributed by atoms with Gasteiger partial charge in [-0.3, -0.25) is 9.59 Å². The van der Waals surface area contributed by atoms with Crippen molar-refractivity contribution >= 4 is 11.8 Å². The zero-order chi connectivity index (χ0) is 9.30. The lowest BCUT2D eigenvalue weighted by molar-refractivity contribution is -0.140. The van der Waals surface area contributed by atoms with Crippen molar-refractivity contribution in [2.75, 3.05) is 0 Å². The Kier molecular flexibility index (Phi) is 2.31. The van der Waals surface area contributed by atoms with Crippen LogP contribution in [0.25, 0.3) is 0 Å². The highest BCUT2D eigenvalue weighted by molar-refractivity contribution is 5.82. The third-order valence-corrected chi connectivity index (χ3v) is 2.39. The number of Topliss-reactive ketones (excluding diaryl/α,β-unsaturated/α-hetero) is 1. The minimum absolute atomic E-state index is 0.0694. The minimum atomic E-state index is -0.858. The fraction of sp³-hybridized carbons (Fsp3) is 0.556. The third kappa shape index (κ3) is 1.55. The number of carboxylic acid groups (broad SMARTS) is 1. The van der Waals surface area contributed by atoms with Crippen molar-refractivity contribution in [1.29, 1.82) is 0 Å². The first-order valence-corrected chi connectivity index (χ1v) is 3.93. The van der Waals surface area contributed by atoms with Crippen LogP contribution in [0.1, 0.15) is 19.8 Å². The molecule has 1 aliphatic rings. The van der Waals surface area contributed by atoms with Crippen LogP contribution in [-0.2, 0) is 9.59 Å².